The zero-order valence-corrected chi connectivity index (χ0v) is 16.3. The van der Waals surface area contributed by atoms with Crippen molar-refractivity contribution in [2.24, 2.45) is 7.05 Å². The number of esters is 1. The highest BCUT2D eigenvalue weighted by Gasteiger charge is 2.19. The van der Waals surface area contributed by atoms with Gasteiger partial charge in [0, 0.05) is 24.2 Å². The molecule has 0 aliphatic rings. The normalized spacial score (nSPS) is 11.9. The van der Waals surface area contributed by atoms with Crippen molar-refractivity contribution in [3.05, 3.63) is 51.8 Å². The molecule has 7 heteroatoms. The average Bonchev–Trinajstić information content (AvgIpc) is 2.85. The van der Waals surface area contributed by atoms with Crippen LogP contribution >= 0.6 is 11.6 Å². The summed E-state index contributed by atoms with van der Waals surface area (Å²) in [6.45, 7) is 3.93. The molecule has 1 amide bonds. The minimum Gasteiger partial charge on any atom is -0.469 e. The van der Waals surface area contributed by atoms with Crippen LogP contribution in [0.5, 0.6) is 0 Å². The molecule has 1 atom stereocenters. The lowest BCUT2D eigenvalue weighted by molar-refractivity contribution is -0.141. The number of carbonyl (C=O) groups excluding carboxylic acids is 2. The van der Waals surface area contributed by atoms with Crippen molar-refractivity contribution in [2.75, 3.05) is 7.11 Å². The number of rotatable bonds is 7. The lowest BCUT2D eigenvalue weighted by Gasteiger charge is -2.18. The van der Waals surface area contributed by atoms with Crippen LogP contribution < -0.4 is 5.32 Å². The van der Waals surface area contributed by atoms with Gasteiger partial charge in [0.1, 0.15) is 0 Å². The van der Waals surface area contributed by atoms with E-state index in [0.717, 1.165) is 22.5 Å². The van der Waals surface area contributed by atoms with E-state index in [2.05, 4.69) is 10.4 Å². The number of aromatic nitrogens is 2. The van der Waals surface area contributed by atoms with E-state index in [1.54, 1.807) is 24.3 Å². The van der Waals surface area contributed by atoms with Gasteiger partial charge in [-0.15, -0.1) is 0 Å². The fourth-order valence-corrected chi connectivity index (χ4v) is 3.01. The van der Waals surface area contributed by atoms with E-state index in [4.69, 9.17) is 16.3 Å². The third-order valence-electron chi connectivity index (χ3n) is 4.47. The van der Waals surface area contributed by atoms with E-state index in [-0.39, 0.29) is 18.3 Å². The molecule has 0 spiro atoms. The Labute approximate surface area is 158 Å². The van der Waals surface area contributed by atoms with Crippen molar-refractivity contribution >= 4 is 23.5 Å². The third-order valence-corrected chi connectivity index (χ3v) is 4.72. The topological polar surface area (TPSA) is 73.2 Å². The summed E-state index contributed by atoms with van der Waals surface area (Å²) in [5, 5.41) is 7.89. The summed E-state index contributed by atoms with van der Waals surface area (Å²) in [6, 6.07) is 6.60. The first kappa shape index (κ1) is 20.0. The molecule has 0 aliphatic heterocycles. The van der Waals surface area contributed by atoms with Crippen LogP contribution in [-0.4, -0.2) is 28.8 Å². The number of methoxy groups -OCH3 is 1. The lowest BCUT2D eigenvalue weighted by atomic mass is 10.0. The molecule has 1 unspecified atom stereocenters. The van der Waals surface area contributed by atoms with Crippen LogP contribution in [-0.2, 0) is 27.8 Å². The second kappa shape index (κ2) is 8.85. The average molecular weight is 378 g/mol. The standard InChI is InChI=1S/C19H24ClN3O3/c1-12-16(13(2)23(3)22-12)9-10-18(24)21-17(11-19(25)26-4)14-5-7-15(20)8-6-14/h5-8,17H,9-11H2,1-4H3,(H,21,24). The number of nitrogens with zero attached hydrogens (tertiary/aromatic N) is 2. The minimum atomic E-state index is -0.455. The van der Waals surface area contributed by atoms with Gasteiger partial charge in [-0.2, -0.15) is 5.10 Å². The Hall–Kier alpha value is -2.34. The van der Waals surface area contributed by atoms with Gasteiger partial charge in [-0.1, -0.05) is 23.7 Å². The van der Waals surface area contributed by atoms with Crippen LogP contribution in [0.4, 0.5) is 0 Å². The summed E-state index contributed by atoms with van der Waals surface area (Å²) in [7, 11) is 3.22. The minimum absolute atomic E-state index is 0.0643. The largest absolute Gasteiger partial charge is 0.469 e. The summed E-state index contributed by atoms with van der Waals surface area (Å²) in [6.07, 6.45) is 0.982. The number of ether oxygens (including phenoxy) is 1. The van der Waals surface area contributed by atoms with E-state index in [1.807, 2.05) is 25.6 Å². The van der Waals surface area contributed by atoms with Gasteiger partial charge in [0.15, 0.2) is 0 Å². The Balaban J connectivity index is 2.05. The van der Waals surface area contributed by atoms with Crippen molar-refractivity contribution in [3.63, 3.8) is 0 Å². The van der Waals surface area contributed by atoms with Gasteiger partial charge < -0.3 is 10.1 Å². The molecular weight excluding hydrogens is 354 g/mol. The fourth-order valence-electron chi connectivity index (χ4n) is 2.88. The van der Waals surface area contributed by atoms with E-state index in [1.165, 1.54) is 7.11 Å². The molecule has 1 heterocycles. The smallest absolute Gasteiger partial charge is 0.307 e. The molecule has 140 valence electrons. The Bertz CT molecular complexity index is 784. The summed E-state index contributed by atoms with van der Waals surface area (Å²) in [5.74, 6) is -0.513. The second-order valence-corrected chi connectivity index (χ2v) is 6.66. The number of aryl methyl sites for hydroxylation is 2. The van der Waals surface area contributed by atoms with Gasteiger partial charge in [0.25, 0.3) is 0 Å². The molecule has 1 N–H and O–H groups in total. The number of hydrogen-bond donors (Lipinski definition) is 1. The zero-order chi connectivity index (χ0) is 19.3. The summed E-state index contributed by atoms with van der Waals surface area (Å²) in [4.78, 5) is 24.2. The maximum atomic E-state index is 12.4. The molecule has 2 aromatic rings. The maximum Gasteiger partial charge on any atom is 0.307 e. The first-order valence-electron chi connectivity index (χ1n) is 8.42. The van der Waals surface area contributed by atoms with Gasteiger partial charge in [0.05, 0.1) is 25.3 Å². The fraction of sp³-hybridized carbons (Fsp3) is 0.421. The molecule has 6 nitrogen and oxygen atoms in total. The van der Waals surface area contributed by atoms with Crippen molar-refractivity contribution in [3.8, 4) is 0 Å². The number of hydrogen-bond acceptors (Lipinski definition) is 4. The predicted molar refractivity (Wildman–Crippen MR) is 100.0 cm³/mol. The van der Waals surface area contributed by atoms with E-state index < -0.39 is 6.04 Å². The van der Waals surface area contributed by atoms with Crippen LogP contribution in [0.3, 0.4) is 0 Å². The van der Waals surface area contributed by atoms with Crippen LogP contribution in [0.1, 0.15) is 41.4 Å². The molecule has 1 aromatic carbocycles. The van der Waals surface area contributed by atoms with Crippen LogP contribution in [0, 0.1) is 13.8 Å². The molecular formula is C19H24ClN3O3. The van der Waals surface area contributed by atoms with E-state index in [9.17, 15) is 9.59 Å². The number of nitrogens with one attached hydrogen (secondary N) is 1. The van der Waals surface area contributed by atoms with Crippen molar-refractivity contribution in [2.45, 2.75) is 39.2 Å². The van der Waals surface area contributed by atoms with E-state index in [0.29, 0.717) is 17.9 Å². The monoisotopic (exact) mass is 377 g/mol. The molecule has 0 aliphatic carbocycles. The number of halogens is 1. The maximum absolute atomic E-state index is 12.4. The Morgan fingerprint density at radius 3 is 2.46 bits per heavy atom. The Morgan fingerprint density at radius 1 is 1.27 bits per heavy atom. The van der Waals surface area contributed by atoms with Gasteiger partial charge in [-0.3, -0.25) is 14.3 Å². The predicted octanol–water partition coefficient (Wildman–Crippen LogP) is 3.04. The summed E-state index contributed by atoms with van der Waals surface area (Å²) >= 11 is 5.92. The molecule has 1 aromatic heterocycles. The third kappa shape index (κ3) is 5.08. The molecule has 0 saturated heterocycles. The van der Waals surface area contributed by atoms with Crippen molar-refractivity contribution in [1.82, 2.24) is 15.1 Å². The van der Waals surface area contributed by atoms with Gasteiger partial charge in [-0.25, -0.2) is 0 Å². The second-order valence-electron chi connectivity index (χ2n) is 6.22. The first-order valence-corrected chi connectivity index (χ1v) is 8.80. The highest BCUT2D eigenvalue weighted by molar-refractivity contribution is 6.30. The van der Waals surface area contributed by atoms with Crippen molar-refractivity contribution in [1.29, 1.82) is 0 Å². The highest BCUT2D eigenvalue weighted by Crippen LogP contribution is 2.21. The first-order chi connectivity index (χ1) is 12.3. The Kier molecular flexibility index (Phi) is 6.80. The van der Waals surface area contributed by atoms with Gasteiger partial charge >= 0.3 is 5.97 Å². The SMILES string of the molecule is COC(=O)CC(NC(=O)CCc1c(C)nn(C)c1C)c1ccc(Cl)cc1. The number of benzene rings is 1. The van der Waals surface area contributed by atoms with Crippen LogP contribution in [0.15, 0.2) is 24.3 Å². The van der Waals surface area contributed by atoms with Gasteiger partial charge in [-0.05, 0) is 43.5 Å². The summed E-state index contributed by atoms with van der Waals surface area (Å²) in [5.41, 5.74) is 3.88. The molecule has 2 rings (SSSR count). The molecule has 0 fully saturated rings. The van der Waals surface area contributed by atoms with Crippen LogP contribution in [0.2, 0.25) is 5.02 Å². The molecule has 0 radical (unpaired) electrons. The number of amides is 1. The van der Waals surface area contributed by atoms with Crippen molar-refractivity contribution < 1.29 is 14.3 Å². The lowest BCUT2D eigenvalue weighted by Crippen LogP contribution is -2.30. The highest BCUT2D eigenvalue weighted by atomic mass is 35.5. The zero-order valence-electron chi connectivity index (χ0n) is 15.5. The number of carbonyl (C=O) groups is 2. The van der Waals surface area contributed by atoms with Gasteiger partial charge in [0.2, 0.25) is 5.91 Å². The molecule has 26 heavy (non-hydrogen) atoms. The molecule has 0 saturated carbocycles. The quantitative estimate of drug-likeness (QED) is 0.752. The molecule has 0 bridgehead atoms. The summed E-state index contributed by atoms with van der Waals surface area (Å²) < 4.78 is 6.56. The van der Waals surface area contributed by atoms with E-state index >= 15 is 0 Å². The van der Waals surface area contributed by atoms with Crippen LogP contribution in [0.25, 0.3) is 0 Å². The Morgan fingerprint density at radius 2 is 1.92 bits per heavy atom.